The number of aromatic amines is 1. The average Bonchev–Trinajstić information content (AvgIpc) is 3.07. The van der Waals surface area contributed by atoms with E-state index in [1.165, 1.54) is 26.2 Å². The van der Waals surface area contributed by atoms with Crippen LogP contribution in [0.1, 0.15) is 37.1 Å². The Morgan fingerprint density at radius 1 is 1.06 bits per heavy atom. The van der Waals surface area contributed by atoms with Gasteiger partial charge in [0.05, 0.1) is 14.2 Å². The molecule has 2 aromatic carbocycles. The number of pyridine rings is 1. The van der Waals surface area contributed by atoms with Gasteiger partial charge in [-0.25, -0.2) is 4.39 Å². The van der Waals surface area contributed by atoms with Crippen LogP contribution in [0.2, 0.25) is 0 Å². The molecule has 4 rings (SSSR count). The first kappa shape index (κ1) is 24.0. The number of methoxy groups -OCH3 is 2. The number of nitrogens with one attached hydrogen (secondary N) is 1. The second-order valence-electron chi connectivity index (χ2n) is 8.44. The minimum absolute atomic E-state index is 0.00236. The van der Waals surface area contributed by atoms with Crippen LogP contribution in [0.4, 0.5) is 22.0 Å². The van der Waals surface area contributed by atoms with E-state index in [1.54, 1.807) is 12.1 Å². The molecule has 1 aromatic heterocycles. The molecule has 4 atom stereocenters. The van der Waals surface area contributed by atoms with E-state index < -0.39 is 52.5 Å². The largest absolute Gasteiger partial charge is 0.497 e. The third kappa shape index (κ3) is 3.60. The maximum absolute atomic E-state index is 14.5. The van der Waals surface area contributed by atoms with Crippen molar-refractivity contribution in [1.82, 2.24) is 4.98 Å². The van der Waals surface area contributed by atoms with Gasteiger partial charge in [-0.1, -0.05) is 13.0 Å². The van der Waals surface area contributed by atoms with E-state index in [4.69, 9.17) is 14.2 Å². The highest BCUT2D eigenvalue weighted by molar-refractivity contribution is 5.80. The number of fused-ring (bicyclic) bond motifs is 1. The van der Waals surface area contributed by atoms with Crippen molar-refractivity contribution in [2.45, 2.75) is 37.6 Å². The van der Waals surface area contributed by atoms with E-state index in [0.29, 0.717) is 11.3 Å². The van der Waals surface area contributed by atoms with Gasteiger partial charge in [-0.05, 0) is 31.2 Å². The van der Waals surface area contributed by atoms with Crippen molar-refractivity contribution in [2.75, 3.05) is 14.2 Å². The number of H-pyrrole nitrogens is 1. The van der Waals surface area contributed by atoms with E-state index in [9.17, 15) is 26.7 Å². The summed E-state index contributed by atoms with van der Waals surface area (Å²) >= 11 is 0. The highest BCUT2D eigenvalue weighted by Gasteiger charge is 2.65. The van der Waals surface area contributed by atoms with Crippen LogP contribution in [-0.4, -0.2) is 31.0 Å². The van der Waals surface area contributed by atoms with Crippen LogP contribution in [0.5, 0.6) is 11.5 Å². The van der Waals surface area contributed by atoms with Crippen molar-refractivity contribution >= 4 is 10.9 Å². The van der Waals surface area contributed by atoms with E-state index >= 15 is 0 Å². The predicted octanol–water partition coefficient (Wildman–Crippen LogP) is 5.64. The quantitative estimate of drug-likeness (QED) is 0.489. The lowest BCUT2D eigenvalue weighted by atomic mass is 9.76. The van der Waals surface area contributed by atoms with Gasteiger partial charge in [-0.15, -0.1) is 0 Å². The molecule has 2 heterocycles. The van der Waals surface area contributed by atoms with Gasteiger partial charge in [0.15, 0.2) is 22.6 Å². The Morgan fingerprint density at radius 3 is 2.38 bits per heavy atom. The first-order valence-corrected chi connectivity index (χ1v) is 10.4. The Hall–Kier alpha value is -3.14. The van der Waals surface area contributed by atoms with Crippen LogP contribution in [0.25, 0.3) is 10.9 Å². The van der Waals surface area contributed by atoms with Crippen LogP contribution in [0, 0.1) is 17.6 Å². The Kier molecular flexibility index (Phi) is 5.83. The van der Waals surface area contributed by atoms with Crippen molar-refractivity contribution in [1.29, 1.82) is 0 Å². The highest BCUT2D eigenvalue weighted by atomic mass is 19.4. The summed E-state index contributed by atoms with van der Waals surface area (Å²) in [5.41, 5.74) is -2.67. The number of benzene rings is 2. The maximum atomic E-state index is 14.5. The molecule has 182 valence electrons. The first-order chi connectivity index (χ1) is 15.9. The molecular formula is C24H22F5NO4. The molecular weight excluding hydrogens is 461 g/mol. The molecule has 1 saturated heterocycles. The Labute approximate surface area is 191 Å². The lowest BCUT2D eigenvalue weighted by Gasteiger charge is -2.32. The molecule has 0 radical (unpaired) electrons. The van der Waals surface area contributed by atoms with E-state index in [0.717, 1.165) is 26.2 Å². The molecule has 0 bridgehead atoms. The van der Waals surface area contributed by atoms with Crippen LogP contribution < -0.4 is 14.9 Å². The smallest absolute Gasteiger partial charge is 0.417 e. The zero-order chi connectivity index (χ0) is 25.0. The zero-order valence-corrected chi connectivity index (χ0v) is 18.7. The Bertz CT molecular complexity index is 1300. The first-order valence-electron chi connectivity index (χ1n) is 10.4. The summed E-state index contributed by atoms with van der Waals surface area (Å²) in [6.07, 6.45) is -6.12. The van der Waals surface area contributed by atoms with Crippen LogP contribution in [0.15, 0.2) is 41.2 Å². The highest BCUT2D eigenvalue weighted by Crippen LogP contribution is 2.59. The van der Waals surface area contributed by atoms with Crippen molar-refractivity contribution in [3.63, 3.8) is 0 Å². The topological polar surface area (TPSA) is 60.6 Å². The normalized spacial score (nSPS) is 25.0. The van der Waals surface area contributed by atoms with Gasteiger partial charge in [-0.3, -0.25) is 4.79 Å². The van der Waals surface area contributed by atoms with Crippen LogP contribution in [-0.2, 0) is 4.74 Å². The van der Waals surface area contributed by atoms with Gasteiger partial charge >= 0.3 is 6.18 Å². The fourth-order valence-electron chi connectivity index (χ4n) is 4.61. The molecule has 0 unspecified atom stereocenters. The summed E-state index contributed by atoms with van der Waals surface area (Å²) in [5.74, 6) is -4.95. The SMILES string of the molecule is COc1ccc2[nH]c([C@@H]3O[C@@](C)(C(F)(F)F)[C@@H](C)[C@H]3c3ccc(F)c(F)c3OC)cc(=O)c2c1. The summed E-state index contributed by atoms with van der Waals surface area (Å²) in [6, 6.07) is 7.83. The van der Waals surface area contributed by atoms with Crippen molar-refractivity contribution in [2.24, 2.45) is 5.92 Å². The Balaban J connectivity index is 1.94. The summed E-state index contributed by atoms with van der Waals surface area (Å²) < 4.78 is 86.6. The molecule has 0 saturated carbocycles. The third-order valence-corrected chi connectivity index (χ3v) is 6.68. The van der Waals surface area contributed by atoms with Gasteiger partial charge in [-0.2, -0.15) is 17.6 Å². The van der Waals surface area contributed by atoms with E-state index in [1.807, 2.05) is 0 Å². The number of hydrogen-bond donors (Lipinski definition) is 1. The second-order valence-corrected chi connectivity index (χ2v) is 8.44. The van der Waals surface area contributed by atoms with Gasteiger partial charge in [0, 0.05) is 40.1 Å². The van der Waals surface area contributed by atoms with Crippen LogP contribution >= 0.6 is 0 Å². The van der Waals surface area contributed by atoms with Crippen molar-refractivity contribution in [3.05, 3.63) is 69.5 Å². The number of alkyl halides is 3. The number of halogens is 5. The van der Waals surface area contributed by atoms with Gasteiger partial charge < -0.3 is 19.2 Å². The molecule has 0 spiro atoms. The van der Waals surface area contributed by atoms with Gasteiger partial charge in [0.2, 0.25) is 5.82 Å². The fraction of sp³-hybridized carbons (Fsp3) is 0.375. The van der Waals surface area contributed by atoms with Gasteiger partial charge in [0.1, 0.15) is 11.9 Å². The summed E-state index contributed by atoms with van der Waals surface area (Å²) in [5, 5.41) is 0.273. The third-order valence-electron chi connectivity index (χ3n) is 6.68. The number of ether oxygens (including phenoxy) is 3. The van der Waals surface area contributed by atoms with E-state index in [2.05, 4.69) is 4.98 Å². The van der Waals surface area contributed by atoms with Crippen molar-refractivity contribution in [3.8, 4) is 11.5 Å². The average molecular weight is 483 g/mol. The number of rotatable bonds is 4. The molecule has 3 aromatic rings. The lowest BCUT2D eigenvalue weighted by molar-refractivity contribution is -0.275. The van der Waals surface area contributed by atoms with Crippen molar-refractivity contribution < 1.29 is 36.2 Å². The van der Waals surface area contributed by atoms with Gasteiger partial charge in [0.25, 0.3) is 0 Å². The van der Waals surface area contributed by atoms with E-state index in [-0.39, 0.29) is 16.6 Å². The standard InChI is InChI=1S/C24H22F5NO4/c1-11-19(13-6-7-15(25)20(26)21(13)33-4)22(34-23(11,2)24(27,28)29)17-10-18(31)14-9-12(32-3)5-8-16(14)30-17/h5-11,19,22H,1-4H3,(H,30,31)/t11-,19-,22-,23+/m0/s1. The molecule has 10 heteroatoms. The minimum Gasteiger partial charge on any atom is -0.497 e. The molecule has 5 nitrogen and oxygen atoms in total. The Morgan fingerprint density at radius 2 is 1.76 bits per heavy atom. The molecule has 0 aliphatic carbocycles. The minimum atomic E-state index is -4.78. The molecule has 1 aliphatic heterocycles. The molecule has 1 N–H and O–H groups in total. The lowest BCUT2D eigenvalue weighted by Crippen LogP contribution is -2.46. The molecule has 0 amide bonds. The summed E-state index contributed by atoms with van der Waals surface area (Å²) in [6.45, 7) is 2.23. The maximum Gasteiger partial charge on any atom is 0.417 e. The predicted molar refractivity (Wildman–Crippen MR) is 114 cm³/mol. The number of aromatic nitrogens is 1. The monoisotopic (exact) mass is 483 g/mol. The summed E-state index contributed by atoms with van der Waals surface area (Å²) in [7, 11) is 2.54. The summed E-state index contributed by atoms with van der Waals surface area (Å²) in [4.78, 5) is 15.8. The fourth-order valence-corrected chi connectivity index (χ4v) is 4.61. The second kappa shape index (κ2) is 8.26. The molecule has 34 heavy (non-hydrogen) atoms. The molecule has 1 fully saturated rings. The molecule has 1 aliphatic rings. The van der Waals surface area contributed by atoms with Crippen LogP contribution in [0.3, 0.4) is 0 Å². The number of hydrogen-bond acceptors (Lipinski definition) is 4. The zero-order valence-electron chi connectivity index (χ0n) is 18.7.